The lowest BCUT2D eigenvalue weighted by molar-refractivity contribution is 0.0945. The van der Waals surface area contributed by atoms with Crippen molar-refractivity contribution in [1.29, 1.82) is 0 Å². The number of hydrogen-bond acceptors (Lipinski definition) is 4. The SMILES string of the molecule is O=C(NCc1ccc(Oc2cccc(F)c2)nc1)c1ccn(-c2ccccc2F)n1. The summed E-state index contributed by atoms with van der Waals surface area (Å²) in [5, 5.41) is 6.85. The van der Waals surface area contributed by atoms with Gasteiger partial charge in [-0.1, -0.05) is 24.3 Å². The number of carbonyl (C=O) groups is 1. The number of aromatic nitrogens is 3. The zero-order valence-corrected chi connectivity index (χ0v) is 15.6. The van der Waals surface area contributed by atoms with Crippen LogP contribution in [0.3, 0.4) is 0 Å². The number of pyridine rings is 1. The molecule has 0 bridgehead atoms. The number of ether oxygens (including phenoxy) is 1. The Hall–Kier alpha value is -4.07. The highest BCUT2D eigenvalue weighted by molar-refractivity contribution is 5.92. The van der Waals surface area contributed by atoms with Crippen LogP contribution in [0, 0.1) is 11.6 Å². The van der Waals surface area contributed by atoms with Crippen molar-refractivity contribution in [3.63, 3.8) is 0 Å². The van der Waals surface area contributed by atoms with Crippen LogP contribution in [-0.4, -0.2) is 20.7 Å². The second-order valence-electron chi connectivity index (χ2n) is 6.34. The molecule has 6 nitrogen and oxygen atoms in total. The lowest BCUT2D eigenvalue weighted by Gasteiger charge is -2.07. The summed E-state index contributed by atoms with van der Waals surface area (Å²) in [5.74, 6) is -0.582. The summed E-state index contributed by atoms with van der Waals surface area (Å²) in [6, 6.07) is 16.8. The van der Waals surface area contributed by atoms with Gasteiger partial charge in [0.2, 0.25) is 5.88 Å². The van der Waals surface area contributed by atoms with Gasteiger partial charge < -0.3 is 10.1 Å². The van der Waals surface area contributed by atoms with E-state index >= 15 is 0 Å². The monoisotopic (exact) mass is 406 g/mol. The number of hydrogen-bond donors (Lipinski definition) is 1. The van der Waals surface area contributed by atoms with Gasteiger partial charge in [0, 0.05) is 31.1 Å². The first-order valence-electron chi connectivity index (χ1n) is 9.05. The molecule has 4 aromatic rings. The summed E-state index contributed by atoms with van der Waals surface area (Å²) in [7, 11) is 0. The molecule has 0 aliphatic rings. The maximum absolute atomic E-state index is 13.8. The maximum Gasteiger partial charge on any atom is 0.272 e. The molecule has 0 radical (unpaired) electrons. The first-order valence-corrected chi connectivity index (χ1v) is 9.05. The van der Waals surface area contributed by atoms with Gasteiger partial charge in [-0.2, -0.15) is 5.10 Å². The lowest BCUT2D eigenvalue weighted by Crippen LogP contribution is -2.23. The highest BCUT2D eigenvalue weighted by Crippen LogP contribution is 2.20. The predicted octanol–water partition coefficient (Wildman–Crippen LogP) is 4.27. The molecule has 0 saturated carbocycles. The Labute approximate surface area is 170 Å². The van der Waals surface area contributed by atoms with Crippen LogP contribution in [0.1, 0.15) is 16.1 Å². The van der Waals surface area contributed by atoms with Gasteiger partial charge in [0.15, 0.2) is 5.69 Å². The molecule has 0 unspecified atom stereocenters. The Bertz CT molecular complexity index is 1180. The molecular weight excluding hydrogens is 390 g/mol. The fourth-order valence-electron chi connectivity index (χ4n) is 2.72. The Morgan fingerprint density at radius 1 is 1.03 bits per heavy atom. The van der Waals surface area contributed by atoms with Gasteiger partial charge in [0.1, 0.15) is 23.1 Å². The summed E-state index contributed by atoms with van der Waals surface area (Å²) >= 11 is 0. The van der Waals surface area contributed by atoms with Crippen LogP contribution < -0.4 is 10.1 Å². The number of amides is 1. The van der Waals surface area contributed by atoms with Gasteiger partial charge in [-0.15, -0.1) is 0 Å². The van der Waals surface area contributed by atoms with E-state index in [0.29, 0.717) is 11.6 Å². The summed E-state index contributed by atoms with van der Waals surface area (Å²) in [6.45, 7) is 0.221. The van der Waals surface area contributed by atoms with E-state index in [9.17, 15) is 13.6 Å². The number of nitrogens with zero attached hydrogens (tertiary/aromatic N) is 3. The maximum atomic E-state index is 13.8. The van der Waals surface area contributed by atoms with Crippen molar-refractivity contribution in [1.82, 2.24) is 20.1 Å². The molecule has 0 fully saturated rings. The van der Waals surface area contributed by atoms with Crippen molar-refractivity contribution in [2.24, 2.45) is 0 Å². The van der Waals surface area contributed by atoms with Crippen molar-refractivity contribution in [2.75, 3.05) is 0 Å². The van der Waals surface area contributed by atoms with E-state index in [1.807, 2.05) is 0 Å². The highest BCUT2D eigenvalue weighted by atomic mass is 19.1. The average molecular weight is 406 g/mol. The van der Waals surface area contributed by atoms with Gasteiger partial charge in [0.05, 0.1) is 0 Å². The molecule has 2 heterocycles. The Kier molecular flexibility index (Phi) is 5.47. The largest absolute Gasteiger partial charge is 0.439 e. The minimum absolute atomic E-state index is 0.164. The van der Waals surface area contributed by atoms with Crippen LogP contribution >= 0.6 is 0 Å². The number of para-hydroxylation sites is 1. The van der Waals surface area contributed by atoms with Crippen LogP contribution in [-0.2, 0) is 6.54 Å². The molecule has 0 aliphatic carbocycles. The molecule has 0 saturated heterocycles. The van der Waals surface area contributed by atoms with E-state index in [0.717, 1.165) is 5.56 Å². The van der Waals surface area contributed by atoms with E-state index in [-0.39, 0.29) is 17.9 Å². The fourth-order valence-corrected chi connectivity index (χ4v) is 2.72. The molecule has 0 spiro atoms. The Morgan fingerprint density at radius 2 is 1.90 bits per heavy atom. The fraction of sp³-hybridized carbons (Fsp3) is 0.0455. The molecule has 1 amide bonds. The second-order valence-corrected chi connectivity index (χ2v) is 6.34. The highest BCUT2D eigenvalue weighted by Gasteiger charge is 2.12. The van der Waals surface area contributed by atoms with Crippen molar-refractivity contribution in [2.45, 2.75) is 6.54 Å². The molecule has 4 rings (SSSR count). The molecule has 0 atom stereocenters. The first kappa shape index (κ1) is 19.3. The minimum Gasteiger partial charge on any atom is -0.439 e. The number of benzene rings is 2. The van der Waals surface area contributed by atoms with Gasteiger partial charge in [0.25, 0.3) is 5.91 Å². The number of carbonyl (C=O) groups excluding carboxylic acids is 1. The van der Waals surface area contributed by atoms with Gasteiger partial charge in [-0.05, 0) is 35.9 Å². The molecule has 2 aromatic carbocycles. The van der Waals surface area contributed by atoms with Crippen molar-refractivity contribution < 1.29 is 18.3 Å². The quantitative estimate of drug-likeness (QED) is 0.519. The number of nitrogens with one attached hydrogen (secondary N) is 1. The third-order valence-corrected chi connectivity index (χ3v) is 4.19. The second kappa shape index (κ2) is 8.52. The first-order chi connectivity index (χ1) is 14.6. The number of rotatable bonds is 6. The van der Waals surface area contributed by atoms with Crippen LogP contribution in [0.4, 0.5) is 8.78 Å². The normalized spacial score (nSPS) is 10.6. The predicted molar refractivity (Wildman–Crippen MR) is 105 cm³/mol. The van der Waals surface area contributed by atoms with Crippen molar-refractivity contribution in [3.8, 4) is 17.3 Å². The molecule has 30 heavy (non-hydrogen) atoms. The minimum atomic E-state index is -0.431. The molecule has 2 aromatic heterocycles. The summed E-state index contributed by atoms with van der Waals surface area (Å²) in [4.78, 5) is 16.5. The van der Waals surface area contributed by atoms with Gasteiger partial charge in [-0.25, -0.2) is 18.4 Å². The zero-order valence-electron chi connectivity index (χ0n) is 15.6. The average Bonchev–Trinajstić information content (AvgIpc) is 3.23. The smallest absolute Gasteiger partial charge is 0.272 e. The summed E-state index contributed by atoms with van der Waals surface area (Å²) < 4.78 is 33.8. The van der Waals surface area contributed by atoms with E-state index in [2.05, 4.69) is 15.4 Å². The molecule has 8 heteroatoms. The Morgan fingerprint density at radius 3 is 2.67 bits per heavy atom. The van der Waals surface area contributed by atoms with E-state index in [4.69, 9.17) is 4.74 Å². The molecular formula is C22H16F2N4O2. The van der Waals surface area contributed by atoms with E-state index in [1.165, 1.54) is 35.1 Å². The van der Waals surface area contributed by atoms with Crippen LogP contribution in [0.5, 0.6) is 11.6 Å². The third kappa shape index (κ3) is 4.49. The van der Waals surface area contributed by atoms with Crippen LogP contribution in [0.15, 0.2) is 79.1 Å². The molecule has 1 N–H and O–H groups in total. The topological polar surface area (TPSA) is 69.0 Å². The van der Waals surface area contributed by atoms with Crippen molar-refractivity contribution >= 4 is 5.91 Å². The van der Waals surface area contributed by atoms with Gasteiger partial charge in [-0.3, -0.25) is 4.79 Å². The van der Waals surface area contributed by atoms with Crippen molar-refractivity contribution in [3.05, 3.63) is 102 Å². The lowest BCUT2D eigenvalue weighted by atomic mass is 10.3. The Balaban J connectivity index is 1.36. The third-order valence-electron chi connectivity index (χ3n) is 4.19. The van der Waals surface area contributed by atoms with E-state index in [1.54, 1.807) is 48.7 Å². The molecule has 0 aliphatic heterocycles. The molecule has 150 valence electrons. The number of halogens is 2. The van der Waals surface area contributed by atoms with Crippen LogP contribution in [0.2, 0.25) is 0 Å². The van der Waals surface area contributed by atoms with Gasteiger partial charge >= 0.3 is 0 Å². The van der Waals surface area contributed by atoms with Crippen LogP contribution in [0.25, 0.3) is 5.69 Å². The standard InChI is InChI=1S/C22H16F2N4O2/c23-16-4-3-5-17(12-16)30-21-9-8-15(13-25-21)14-26-22(29)19-10-11-28(27-19)20-7-2-1-6-18(20)24/h1-13H,14H2,(H,26,29). The summed E-state index contributed by atoms with van der Waals surface area (Å²) in [6.07, 6.45) is 3.07. The zero-order chi connectivity index (χ0) is 20.9. The van der Waals surface area contributed by atoms with E-state index < -0.39 is 17.5 Å². The summed E-state index contributed by atoms with van der Waals surface area (Å²) in [5.41, 5.74) is 1.16.